The first-order valence-electron chi connectivity index (χ1n) is 9.40. The minimum absolute atomic E-state index is 0.159. The van der Waals surface area contributed by atoms with Crippen LogP contribution in [-0.4, -0.2) is 38.0 Å². The third kappa shape index (κ3) is 3.13. The van der Waals surface area contributed by atoms with Crippen molar-refractivity contribution in [2.45, 2.75) is 26.1 Å². The molecule has 29 heavy (non-hydrogen) atoms. The lowest BCUT2D eigenvalue weighted by Gasteiger charge is -2.09. The highest BCUT2D eigenvalue weighted by atomic mass is 16.5. The first-order chi connectivity index (χ1) is 13.9. The molecule has 1 atom stereocenters. The Kier molecular flexibility index (Phi) is 4.76. The summed E-state index contributed by atoms with van der Waals surface area (Å²) >= 11 is 0. The Labute approximate surface area is 167 Å². The number of aryl methyl sites for hydroxylation is 2. The van der Waals surface area contributed by atoms with Gasteiger partial charge in [0.05, 0.1) is 31.2 Å². The number of hydrogen-bond acceptors (Lipinski definition) is 4. The molecule has 2 aromatic carbocycles. The molecule has 4 aromatic rings. The van der Waals surface area contributed by atoms with Crippen LogP contribution in [0.3, 0.4) is 0 Å². The minimum atomic E-state index is -1.41. The van der Waals surface area contributed by atoms with Gasteiger partial charge in [-0.3, -0.25) is 9.13 Å². The van der Waals surface area contributed by atoms with Gasteiger partial charge in [-0.05, 0) is 36.2 Å². The van der Waals surface area contributed by atoms with Crippen LogP contribution in [0.2, 0.25) is 0 Å². The molecule has 150 valence electrons. The van der Waals surface area contributed by atoms with Gasteiger partial charge in [0.2, 0.25) is 0 Å². The van der Waals surface area contributed by atoms with Gasteiger partial charge in [0.1, 0.15) is 0 Å². The molecule has 1 N–H and O–H groups in total. The van der Waals surface area contributed by atoms with Crippen molar-refractivity contribution in [3.63, 3.8) is 0 Å². The van der Waals surface area contributed by atoms with E-state index in [2.05, 4.69) is 28.4 Å². The SMILES string of the molecule is COC(=O)C(O)Cn1c(=O)n(Cc2cn(C)c3cccc(C)c23)c2ccccc21. The van der Waals surface area contributed by atoms with Gasteiger partial charge in [-0.15, -0.1) is 0 Å². The first kappa shape index (κ1) is 19.0. The number of imidazole rings is 1. The molecule has 1 unspecified atom stereocenters. The smallest absolute Gasteiger partial charge is 0.336 e. The maximum Gasteiger partial charge on any atom is 0.336 e. The van der Waals surface area contributed by atoms with Crippen LogP contribution in [0.4, 0.5) is 0 Å². The van der Waals surface area contributed by atoms with E-state index in [-0.39, 0.29) is 12.2 Å². The number of benzene rings is 2. The molecule has 0 aliphatic rings. The predicted molar refractivity (Wildman–Crippen MR) is 111 cm³/mol. The van der Waals surface area contributed by atoms with Gasteiger partial charge in [0.15, 0.2) is 6.10 Å². The number of rotatable bonds is 5. The number of aromatic nitrogens is 3. The summed E-state index contributed by atoms with van der Waals surface area (Å²) in [5.74, 6) is -0.765. The highest BCUT2D eigenvalue weighted by Gasteiger charge is 2.21. The number of carbonyl (C=O) groups excluding carboxylic acids is 1. The summed E-state index contributed by atoms with van der Waals surface area (Å²) in [5.41, 5.74) is 4.44. The van der Waals surface area contributed by atoms with Gasteiger partial charge in [-0.2, -0.15) is 0 Å². The van der Waals surface area contributed by atoms with E-state index in [0.717, 1.165) is 27.5 Å². The van der Waals surface area contributed by atoms with E-state index in [1.54, 1.807) is 4.57 Å². The number of methoxy groups -OCH3 is 1. The van der Waals surface area contributed by atoms with E-state index in [1.807, 2.05) is 43.6 Å². The van der Waals surface area contributed by atoms with E-state index < -0.39 is 12.1 Å². The fourth-order valence-corrected chi connectivity index (χ4v) is 4.01. The zero-order valence-corrected chi connectivity index (χ0v) is 16.6. The molecular weight excluding hydrogens is 370 g/mol. The second-order valence-corrected chi connectivity index (χ2v) is 7.24. The number of esters is 1. The lowest BCUT2D eigenvalue weighted by molar-refractivity contribution is -0.151. The Hall–Kier alpha value is -3.32. The molecule has 0 fully saturated rings. The zero-order valence-electron chi connectivity index (χ0n) is 16.6. The molecule has 0 saturated carbocycles. The molecule has 2 aromatic heterocycles. The molecule has 0 aliphatic heterocycles. The number of para-hydroxylation sites is 2. The van der Waals surface area contributed by atoms with Crippen molar-refractivity contribution < 1.29 is 14.6 Å². The predicted octanol–water partition coefficient (Wildman–Crippen LogP) is 2.19. The number of hydrogen-bond donors (Lipinski definition) is 1. The standard InChI is InChI=1S/C22H23N3O4/c1-14-7-6-10-18-20(14)15(11-23(18)2)12-24-16-8-4-5-9-17(16)25(22(24)28)13-19(26)21(27)29-3/h4-11,19,26H,12-13H2,1-3H3. The summed E-state index contributed by atoms with van der Waals surface area (Å²) in [5, 5.41) is 11.2. The maximum absolute atomic E-state index is 13.2. The zero-order chi connectivity index (χ0) is 20.7. The lowest BCUT2D eigenvalue weighted by Crippen LogP contribution is -2.33. The molecule has 0 amide bonds. The molecule has 0 bridgehead atoms. The van der Waals surface area contributed by atoms with Crippen LogP contribution in [0.1, 0.15) is 11.1 Å². The molecule has 0 aliphatic carbocycles. The van der Waals surface area contributed by atoms with Crippen molar-refractivity contribution in [3.8, 4) is 0 Å². The summed E-state index contributed by atoms with van der Waals surface area (Å²) < 4.78 is 9.75. The van der Waals surface area contributed by atoms with E-state index >= 15 is 0 Å². The van der Waals surface area contributed by atoms with Gasteiger partial charge < -0.3 is 14.4 Å². The van der Waals surface area contributed by atoms with E-state index in [9.17, 15) is 14.7 Å². The Morgan fingerprint density at radius 2 is 1.72 bits per heavy atom. The number of carbonyl (C=O) groups is 1. The van der Waals surface area contributed by atoms with Crippen molar-refractivity contribution in [2.75, 3.05) is 7.11 Å². The van der Waals surface area contributed by atoms with Crippen molar-refractivity contribution in [2.24, 2.45) is 7.05 Å². The molecule has 4 rings (SSSR count). The van der Waals surface area contributed by atoms with Crippen LogP contribution >= 0.6 is 0 Å². The summed E-state index contributed by atoms with van der Waals surface area (Å²) in [6.45, 7) is 2.29. The molecule has 7 heteroatoms. The monoisotopic (exact) mass is 393 g/mol. The third-order valence-electron chi connectivity index (χ3n) is 5.38. The fraction of sp³-hybridized carbons (Fsp3) is 0.273. The van der Waals surface area contributed by atoms with Crippen molar-refractivity contribution in [1.82, 2.24) is 13.7 Å². The normalized spacial score (nSPS) is 12.6. The average Bonchev–Trinajstić information content (AvgIpc) is 3.18. The number of fused-ring (bicyclic) bond motifs is 2. The summed E-state index contributed by atoms with van der Waals surface area (Å²) in [6.07, 6.45) is 0.635. The highest BCUT2D eigenvalue weighted by molar-refractivity contribution is 5.87. The Morgan fingerprint density at radius 1 is 1.07 bits per heavy atom. The van der Waals surface area contributed by atoms with Crippen LogP contribution in [-0.2, 0) is 29.7 Å². The third-order valence-corrected chi connectivity index (χ3v) is 5.38. The van der Waals surface area contributed by atoms with E-state index in [1.165, 1.54) is 11.7 Å². The number of aliphatic hydroxyl groups excluding tert-OH is 1. The fourth-order valence-electron chi connectivity index (χ4n) is 4.01. The number of ether oxygens (including phenoxy) is 1. The molecule has 7 nitrogen and oxygen atoms in total. The van der Waals surface area contributed by atoms with Gasteiger partial charge in [0, 0.05) is 24.1 Å². The highest BCUT2D eigenvalue weighted by Crippen LogP contribution is 2.26. The molecule has 0 radical (unpaired) electrons. The van der Waals surface area contributed by atoms with Crippen LogP contribution in [0.5, 0.6) is 0 Å². The van der Waals surface area contributed by atoms with Crippen molar-refractivity contribution in [3.05, 3.63) is 70.3 Å². The van der Waals surface area contributed by atoms with Gasteiger partial charge in [-0.25, -0.2) is 9.59 Å². The van der Waals surface area contributed by atoms with Gasteiger partial charge in [0.25, 0.3) is 0 Å². The van der Waals surface area contributed by atoms with Crippen molar-refractivity contribution >= 4 is 27.9 Å². The molecular formula is C22H23N3O4. The number of nitrogens with zero attached hydrogens (tertiary/aromatic N) is 3. The Morgan fingerprint density at radius 3 is 2.41 bits per heavy atom. The lowest BCUT2D eigenvalue weighted by atomic mass is 10.1. The van der Waals surface area contributed by atoms with Crippen molar-refractivity contribution in [1.29, 1.82) is 0 Å². The Balaban J connectivity index is 1.85. The topological polar surface area (TPSA) is 78.4 Å². The summed E-state index contributed by atoms with van der Waals surface area (Å²) in [6, 6.07) is 13.5. The van der Waals surface area contributed by atoms with Crippen LogP contribution in [0.25, 0.3) is 21.9 Å². The average molecular weight is 393 g/mol. The quantitative estimate of drug-likeness (QED) is 0.527. The number of aliphatic hydroxyl groups is 1. The molecule has 0 spiro atoms. The molecule has 2 heterocycles. The van der Waals surface area contributed by atoms with Crippen LogP contribution in [0.15, 0.2) is 53.5 Å². The first-order valence-corrected chi connectivity index (χ1v) is 9.40. The minimum Gasteiger partial charge on any atom is -0.467 e. The largest absolute Gasteiger partial charge is 0.467 e. The van der Waals surface area contributed by atoms with Crippen LogP contribution in [0, 0.1) is 6.92 Å². The second kappa shape index (κ2) is 7.25. The van der Waals surface area contributed by atoms with Gasteiger partial charge >= 0.3 is 11.7 Å². The Bertz CT molecular complexity index is 1280. The van der Waals surface area contributed by atoms with E-state index in [0.29, 0.717) is 12.1 Å². The van der Waals surface area contributed by atoms with Crippen LogP contribution < -0.4 is 5.69 Å². The van der Waals surface area contributed by atoms with Gasteiger partial charge in [-0.1, -0.05) is 24.3 Å². The molecule has 0 saturated heterocycles. The van der Waals surface area contributed by atoms with E-state index in [4.69, 9.17) is 0 Å². The summed E-state index contributed by atoms with van der Waals surface area (Å²) in [4.78, 5) is 24.9. The summed E-state index contributed by atoms with van der Waals surface area (Å²) in [7, 11) is 3.20. The maximum atomic E-state index is 13.2. The second-order valence-electron chi connectivity index (χ2n) is 7.24.